The molecule has 2 atom stereocenters. The van der Waals surface area contributed by atoms with Crippen LogP contribution in [0.5, 0.6) is 0 Å². The number of benzene rings is 2. The minimum Gasteiger partial charge on any atom is -0.388 e. The summed E-state index contributed by atoms with van der Waals surface area (Å²) in [6.45, 7) is 2.09. The maximum atomic E-state index is 10.7. The zero-order chi connectivity index (χ0) is 14.8. The van der Waals surface area contributed by atoms with Gasteiger partial charge in [0.15, 0.2) is 0 Å². The summed E-state index contributed by atoms with van der Waals surface area (Å²) in [5.41, 5.74) is 3.02. The number of hydrogen-bond acceptors (Lipinski definition) is 2. The van der Waals surface area contributed by atoms with Crippen LogP contribution in [0, 0.1) is 0 Å². The van der Waals surface area contributed by atoms with E-state index in [-0.39, 0.29) is 5.92 Å². The van der Waals surface area contributed by atoms with Crippen LogP contribution in [0.25, 0.3) is 11.0 Å². The largest absolute Gasteiger partial charge is 0.388 e. The molecular weight excluding hydrogens is 260 g/mol. The van der Waals surface area contributed by atoms with Gasteiger partial charge in [-0.2, -0.15) is 0 Å². The molecule has 0 fully saturated rings. The SMILES string of the molecule is CC[C@@H](c1nc2ccccc2n1C)[C@H](O)c1ccccc1. The predicted octanol–water partition coefficient (Wildman–Crippen LogP) is 3.80. The van der Waals surface area contributed by atoms with Crippen molar-refractivity contribution in [2.75, 3.05) is 0 Å². The molecule has 0 aliphatic rings. The molecule has 1 aromatic heterocycles. The van der Waals surface area contributed by atoms with Crippen molar-refractivity contribution in [2.45, 2.75) is 25.4 Å². The second-order valence-corrected chi connectivity index (χ2v) is 5.39. The number of aromatic nitrogens is 2. The average molecular weight is 280 g/mol. The molecule has 1 N–H and O–H groups in total. The zero-order valence-electron chi connectivity index (χ0n) is 12.4. The summed E-state index contributed by atoms with van der Waals surface area (Å²) < 4.78 is 2.09. The first-order chi connectivity index (χ1) is 10.2. The summed E-state index contributed by atoms with van der Waals surface area (Å²) in [6, 6.07) is 17.9. The minimum absolute atomic E-state index is 0.00944. The van der Waals surface area contributed by atoms with E-state index in [1.54, 1.807) is 0 Å². The van der Waals surface area contributed by atoms with Crippen molar-refractivity contribution in [3.8, 4) is 0 Å². The fourth-order valence-electron chi connectivity index (χ4n) is 2.93. The lowest BCUT2D eigenvalue weighted by molar-refractivity contribution is 0.137. The number of aryl methyl sites for hydroxylation is 1. The first-order valence-corrected chi connectivity index (χ1v) is 7.36. The van der Waals surface area contributed by atoms with E-state index < -0.39 is 6.10 Å². The van der Waals surface area contributed by atoms with Gasteiger partial charge in [-0.15, -0.1) is 0 Å². The summed E-state index contributed by atoms with van der Waals surface area (Å²) in [5.74, 6) is 0.930. The highest BCUT2D eigenvalue weighted by Gasteiger charge is 2.25. The Labute approximate surface area is 124 Å². The Bertz CT molecular complexity index is 733. The second kappa shape index (κ2) is 5.70. The normalized spacial score (nSPS) is 14.2. The molecule has 0 bridgehead atoms. The number of fused-ring (bicyclic) bond motifs is 1. The molecule has 3 nitrogen and oxygen atoms in total. The molecule has 0 aliphatic carbocycles. The zero-order valence-corrected chi connectivity index (χ0v) is 12.4. The quantitative estimate of drug-likeness (QED) is 0.789. The molecule has 108 valence electrons. The molecule has 3 heteroatoms. The summed E-state index contributed by atoms with van der Waals surface area (Å²) in [5, 5.41) is 10.7. The minimum atomic E-state index is -0.535. The monoisotopic (exact) mass is 280 g/mol. The Hall–Kier alpha value is -2.13. The molecule has 0 amide bonds. The van der Waals surface area contributed by atoms with Gasteiger partial charge in [0.1, 0.15) is 5.82 Å². The highest BCUT2D eigenvalue weighted by Crippen LogP contribution is 2.34. The van der Waals surface area contributed by atoms with Crippen LogP contribution in [0.1, 0.15) is 36.8 Å². The molecule has 0 radical (unpaired) electrons. The topological polar surface area (TPSA) is 38.0 Å². The van der Waals surface area contributed by atoms with Crippen molar-refractivity contribution in [1.29, 1.82) is 0 Å². The second-order valence-electron chi connectivity index (χ2n) is 5.39. The number of nitrogens with zero attached hydrogens (tertiary/aromatic N) is 2. The maximum absolute atomic E-state index is 10.7. The van der Waals surface area contributed by atoms with Crippen LogP contribution in [-0.2, 0) is 7.05 Å². The van der Waals surface area contributed by atoms with Gasteiger partial charge in [0.05, 0.1) is 17.1 Å². The molecular formula is C18H20N2O. The van der Waals surface area contributed by atoms with Crippen molar-refractivity contribution >= 4 is 11.0 Å². The van der Waals surface area contributed by atoms with Crippen LogP contribution in [0.4, 0.5) is 0 Å². The summed E-state index contributed by atoms with van der Waals surface area (Å²) in [6.07, 6.45) is 0.305. The number of para-hydroxylation sites is 2. The number of rotatable bonds is 4. The van der Waals surface area contributed by atoms with Crippen molar-refractivity contribution < 1.29 is 5.11 Å². The first-order valence-electron chi connectivity index (χ1n) is 7.36. The van der Waals surface area contributed by atoms with Gasteiger partial charge in [-0.05, 0) is 24.1 Å². The number of hydrogen-bond donors (Lipinski definition) is 1. The highest BCUT2D eigenvalue weighted by molar-refractivity contribution is 5.75. The molecule has 0 spiro atoms. The lowest BCUT2D eigenvalue weighted by Crippen LogP contribution is -2.14. The number of imidazole rings is 1. The van der Waals surface area contributed by atoms with E-state index >= 15 is 0 Å². The Morgan fingerprint density at radius 3 is 2.38 bits per heavy atom. The Kier molecular flexibility index (Phi) is 3.76. The number of aliphatic hydroxyl groups excluding tert-OH is 1. The average Bonchev–Trinajstić information content (AvgIpc) is 2.86. The third-order valence-corrected chi connectivity index (χ3v) is 4.12. The van der Waals surface area contributed by atoms with Crippen LogP contribution in [0.2, 0.25) is 0 Å². The van der Waals surface area contributed by atoms with Crippen molar-refractivity contribution in [2.24, 2.45) is 7.05 Å². The highest BCUT2D eigenvalue weighted by atomic mass is 16.3. The van der Waals surface area contributed by atoms with Crippen LogP contribution < -0.4 is 0 Å². The van der Waals surface area contributed by atoms with Gasteiger partial charge in [-0.25, -0.2) is 4.98 Å². The van der Waals surface area contributed by atoms with Crippen molar-refractivity contribution in [3.63, 3.8) is 0 Å². The molecule has 3 aromatic rings. The van der Waals surface area contributed by atoms with Gasteiger partial charge in [0, 0.05) is 13.0 Å². The van der Waals surface area contributed by atoms with E-state index in [0.29, 0.717) is 0 Å². The fourth-order valence-corrected chi connectivity index (χ4v) is 2.93. The van der Waals surface area contributed by atoms with Crippen LogP contribution in [0.3, 0.4) is 0 Å². The third kappa shape index (κ3) is 2.45. The Balaban J connectivity index is 2.04. The van der Waals surface area contributed by atoms with Crippen LogP contribution in [-0.4, -0.2) is 14.7 Å². The lowest BCUT2D eigenvalue weighted by atomic mass is 9.92. The predicted molar refractivity (Wildman–Crippen MR) is 85.1 cm³/mol. The van der Waals surface area contributed by atoms with E-state index in [2.05, 4.69) is 17.6 Å². The maximum Gasteiger partial charge on any atom is 0.115 e. The van der Waals surface area contributed by atoms with E-state index in [0.717, 1.165) is 28.8 Å². The van der Waals surface area contributed by atoms with Gasteiger partial charge < -0.3 is 9.67 Å². The van der Waals surface area contributed by atoms with Gasteiger partial charge in [0.2, 0.25) is 0 Å². The molecule has 0 unspecified atom stereocenters. The Morgan fingerprint density at radius 1 is 1.05 bits per heavy atom. The van der Waals surface area contributed by atoms with E-state index in [1.807, 2.05) is 55.6 Å². The smallest absolute Gasteiger partial charge is 0.115 e. The Morgan fingerprint density at radius 2 is 1.71 bits per heavy atom. The number of aliphatic hydroxyl groups is 1. The van der Waals surface area contributed by atoms with Gasteiger partial charge in [0.25, 0.3) is 0 Å². The van der Waals surface area contributed by atoms with E-state index in [1.165, 1.54) is 0 Å². The van der Waals surface area contributed by atoms with Crippen molar-refractivity contribution in [1.82, 2.24) is 9.55 Å². The summed E-state index contributed by atoms with van der Waals surface area (Å²) >= 11 is 0. The fraction of sp³-hybridized carbons (Fsp3) is 0.278. The van der Waals surface area contributed by atoms with Crippen molar-refractivity contribution in [3.05, 3.63) is 66.0 Å². The van der Waals surface area contributed by atoms with E-state index in [9.17, 15) is 5.11 Å². The van der Waals surface area contributed by atoms with Crippen LogP contribution >= 0.6 is 0 Å². The first kappa shape index (κ1) is 13.8. The van der Waals surface area contributed by atoms with Gasteiger partial charge >= 0.3 is 0 Å². The van der Waals surface area contributed by atoms with Crippen LogP contribution in [0.15, 0.2) is 54.6 Å². The molecule has 3 rings (SSSR count). The standard InChI is InChI=1S/C18H20N2O/c1-3-14(17(21)13-9-5-4-6-10-13)18-19-15-11-7-8-12-16(15)20(18)2/h4-12,14,17,21H,3H2,1-2H3/t14-,17-/m1/s1. The molecule has 0 saturated carbocycles. The van der Waals surface area contributed by atoms with E-state index in [4.69, 9.17) is 4.98 Å². The summed E-state index contributed by atoms with van der Waals surface area (Å²) in [7, 11) is 2.02. The molecule has 21 heavy (non-hydrogen) atoms. The van der Waals surface area contributed by atoms with Gasteiger partial charge in [-0.1, -0.05) is 49.4 Å². The molecule has 0 aliphatic heterocycles. The van der Waals surface area contributed by atoms with Gasteiger partial charge in [-0.3, -0.25) is 0 Å². The molecule has 2 aromatic carbocycles. The lowest BCUT2D eigenvalue weighted by Gasteiger charge is -2.21. The summed E-state index contributed by atoms with van der Waals surface area (Å²) in [4.78, 5) is 4.73. The third-order valence-electron chi connectivity index (χ3n) is 4.12. The molecule has 1 heterocycles. The molecule has 0 saturated heterocycles.